The van der Waals surface area contributed by atoms with E-state index in [9.17, 15) is 5.11 Å². The fourth-order valence-electron chi connectivity index (χ4n) is 1.83. The molecule has 0 aliphatic heterocycles. The summed E-state index contributed by atoms with van der Waals surface area (Å²) >= 11 is 5.85. The number of hydrogen-bond acceptors (Lipinski definition) is 2. The van der Waals surface area contributed by atoms with Crippen LogP contribution in [0.1, 0.15) is 17.0 Å². The minimum atomic E-state index is 0.0940. The molecule has 1 atom stereocenters. The second kappa shape index (κ2) is 5.80. The van der Waals surface area contributed by atoms with Gasteiger partial charge in [0.15, 0.2) is 0 Å². The molecular formula is C14H14ClNO. The van der Waals surface area contributed by atoms with Crippen molar-refractivity contribution in [3.8, 4) is 0 Å². The zero-order valence-corrected chi connectivity index (χ0v) is 10.1. The molecule has 2 rings (SSSR count). The van der Waals surface area contributed by atoms with Crippen LogP contribution in [0, 0.1) is 0 Å². The molecule has 88 valence electrons. The summed E-state index contributed by atoms with van der Waals surface area (Å²) in [6, 6.07) is 11.5. The van der Waals surface area contributed by atoms with Crippen LogP contribution in [-0.2, 0) is 6.42 Å². The molecule has 2 nitrogen and oxygen atoms in total. The first-order valence-corrected chi connectivity index (χ1v) is 5.92. The molecule has 0 saturated heterocycles. The molecular weight excluding hydrogens is 234 g/mol. The molecule has 0 aliphatic rings. The maximum absolute atomic E-state index is 9.46. The molecule has 1 N–H and O–H groups in total. The molecule has 1 aromatic carbocycles. The first kappa shape index (κ1) is 12.1. The lowest BCUT2D eigenvalue weighted by Crippen LogP contribution is -2.07. The van der Waals surface area contributed by atoms with E-state index in [1.807, 2.05) is 42.6 Å². The maximum Gasteiger partial charge on any atom is 0.0502 e. The van der Waals surface area contributed by atoms with Crippen molar-refractivity contribution in [1.29, 1.82) is 0 Å². The Labute approximate surface area is 106 Å². The fraction of sp³-hybridized carbons (Fsp3) is 0.214. The molecule has 1 unspecified atom stereocenters. The molecule has 0 saturated carbocycles. The molecule has 0 spiro atoms. The number of nitrogens with zero attached hydrogens (tertiary/aromatic N) is 1. The number of halogens is 1. The summed E-state index contributed by atoms with van der Waals surface area (Å²) < 4.78 is 0. The van der Waals surface area contributed by atoms with E-state index in [0.29, 0.717) is 5.02 Å². The summed E-state index contributed by atoms with van der Waals surface area (Å²) in [4.78, 5) is 4.08. The van der Waals surface area contributed by atoms with Gasteiger partial charge in [-0.05, 0) is 35.7 Å². The van der Waals surface area contributed by atoms with E-state index in [4.69, 9.17) is 11.6 Å². The predicted molar refractivity (Wildman–Crippen MR) is 69.2 cm³/mol. The summed E-state index contributed by atoms with van der Waals surface area (Å²) in [5.74, 6) is 0.0940. The smallest absolute Gasteiger partial charge is 0.0502 e. The lowest BCUT2D eigenvalue weighted by Gasteiger charge is -2.14. The normalized spacial score (nSPS) is 12.4. The minimum absolute atomic E-state index is 0.0940. The third-order valence-electron chi connectivity index (χ3n) is 2.77. The molecule has 1 aromatic heterocycles. The van der Waals surface area contributed by atoms with Crippen molar-refractivity contribution in [2.24, 2.45) is 0 Å². The zero-order valence-electron chi connectivity index (χ0n) is 9.38. The van der Waals surface area contributed by atoms with Gasteiger partial charge in [0, 0.05) is 23.3 Å². The Balaban J connectivity index is 2.14. The van der Waals surface area contributed by atoms with Gasteiger partial charge in [0.1, 0.15) is 0 Å². The second-order valence-electron chi connectivity index (χ2n) is 4.00. The van der Waals surface area contributed by atoms with E-state index >= 15 is 0 Å². The van der Waals surface area contributed by atoms with Crippen LogP contribution in [0.25, 0.3) is 0 Å². The van der Waals surface area contributed by atoms with Gasteiger partial charge in [0.2, 0.25) is 0 Å². The monoisotopic (exact) mass is 247 g/mol. The largest absolute Gasteiger partial charge is 0.396 e. The number of hydrogen-bond donors (Lipinski definition) is 1. The van der Waals surface area contributed by atoms with Gasteiger partial charge in [-0.25, -0.2) is 0 Å². The number of pyridine rings is 1. The quantitative estimate of drug-likeness (QED) is 0.901. The molecule has 0 radical (unpaired) electrons. The highest BCUT2D eigenvalue weighted by Gasteiger charge is 2.11. The third-order valence-corrected chi connectivity index (χ3v) is 3.02. The van der Waals surface area contributed by atoms with Crippen LogP contribution in [0.4, 0.5) is 0 Å². The lowest BCUT2D eigenvalue weighted by molar-refractivity contribution is 0.264. The van der Waals surface area contributed by atoms with Crippen LogP contribution < -0.4 is 0 Å². The van der Waals surface area contributed by atoms with Crippen molar-refractivity contribution in [3.63, 3.8) is 0 Å². The van der Waals surface area contributed by atoms with Crippen molar-refractivity contribution < 1.29 is 5.11 Å². The Morgan fingerprint density at radius 1 is 1.18 bits per heavy atom. The molecule has 17 heavy (non-hydrogen) atoms. The first-order chi connectivity index (χ1) is 8.29. The standard InChI is InChI=1S/C14H14ClNO/c15-14-5-3-12(4-6-14)13(10-17)8-11-2-1-7-16-9-11/h1-7,9,13,17H,8,10H2. The zero-order chi connectivity index (χ0) is 12.1. The highest BCUT2D eigenvalue weighted by atomic mass is 35.5. The van der Waals surface area contributed by atoms with Crippen molar-refractivity contribution >= 4 is 11.6 Å². The Morgan fingerprint density at radius 3 is 2.53 bits per heavy atom. The molecule has 2 aromatic rings. The van der Waals surface area contributed by atoms with E-state index in [1.54, 1.807) is 6.20 Å². The van der Waals surface area contributed by atoms with Crippen LogP contribution >= 0.6 is 11.6 Å². The highest BCUT2D eigenvalue weighted by Crippen LogP contribution is 2.21. The molecule has 0 amide bonds. The number of benzene rings is 1. The van der Waals surface area contributed by atoms with E-state index < -0.39 is 0 Å². The molecule has 1 heterocycles. The summed E-state index contributed by atoms with van der Waals surface area (Å²) in [5, 5.41) is 10.2. The summed E-state index contributed by atoms with van der Waals surface area (Å²) in [6.07, 6.45) is 4.37. The van der Waals surface area contributed by atoms with E-state index in [2.05, 4.69) is 4.98 Å². The number of aliphatic hydroxyl groups excluding tert-OH is 1. The second-order valence-corrected chi connectivity index (χ2v) is 4.43. The van der Waals surface area contributed by atoms with Crippen LogP contribution in [0.3, 0.4) is 0 Å². The predicted octanol–water partition coefficient (Wildman–Crippen LogP) is 3.05. The average molecular weight is 248 g/mol. The van der Waals surface area contributed by atoms with Crippen LogP contribution in [0.5, 0.6) is 0 Å². The van der Waals surface area contributed by atoms with Crippen molar-refractivity contribution in [1.82, 2.24) is 4.98 Å². The Morgan fingerprint density at radius 2 is 1.94 bits per heavy atom. The SMILES string of the molecule is OCC(Cc1cccnc1)c1ccc(Cl)cc1. The minimum Gasteiger partial charge on any atom is -0.396 e. The lowest BCUT2D eigenvalue weighted by atomic mass is 9.93. The average Bonchev–Trinajstić information content (AvgIpc) is 2.38. The third kappa shape index (κ3) is 3.29. The Hall–Kier alpha value is -1.38. The van der Waals surface area contributed by atoms with Gasteiger partial charge in [-0.3, -0.25) is 4.98 Å². The fourth-order valence-corrected chi connectivity index (χ4v) is 1.95. The summed E-state index contributed by atoms with van der Waals surface area (Å²) in [5.41, 5.74) is 2.22. The number of rotatable bonds is 4. The van der Waals surface area contributed by atoms with Gasteiger partial charge in [-0.1, -0.05) is 29.8 Å². The molecule has 0 aliphatic carbocycles. The van der Waals surface area contributed by atoms with Crippen LogP contribution in [0.2, 0.25) is 5.02 Å². The molecule has 0 fully saturated rings. The van der Waals surface area contributed by atoms with Crippen LogP contribution in [-0.4, -0.2) is 16.7 Å². The molecule has 3 heteroatoms. The van der Waals surface area contributed by atoms with Gasteiger partial charge < -0.3 is 5.11 Å². The van der Waals surface area contributed by atoms with Crippen molar-refractivity contribution in [3.05, 3.63) is 64.9 Å². The van der Waals surface area contributed by atoms with Gasteiger partial charge in [-0.15, -0.1) is 0 Å². The number of aromatic nitrogens is 1. The maximum atomic E-state index is 9.46. The summed E-state index contributed by atoms with van der Waals surface area (Å²) in [7, 11) is 0. The first-order valence-electron chi connectivity index (χ1n) is 5.55. The van der Waals surface area contributed by atoms with E-state index in [1.165, 1.54) is 0 Å². The van der Waals surface area contributed by atoms with Crippen molar-refractivity contribution in [2.45, 2.75) is 12.3 Å². The van der Waals surface area contributed by atoms with Gasteiger partial charge in [-0.2, -0.15) is 0 Å². The number of aliphatic hydroxyl groups is 1. The summed E-state index contributed by atoms with van der Waals surface area (Å²) in [6.45, 7) is 0.122. The topological polar surface area (TPSA) is 33.1 Å². The highest BCUT2D eigenvalue weighted by molar-refractivity contribution is 6.30. The van der Waals surface area contributed by atoms with Gasteiger partial charge in [0.25, 0.3) is 0 Å². The Bertz CT molecular complexity index is 455. The van der Waals surface area contributed by atoms with Gasteiger partial charge in [0.05, 0.1) is 6.61 Å². The van der Waals surface area contributed by atoms with E-state index in [-0.39, 0.29) is 12.5 Å². The van der Waals surface area contributed by atoms with E-state index in [0.717, 1.165) is 17.5 Å². The van der Waals surface area contributed by atoms with Crippen molar-refractivity contribution in [2.75, 3.05) is 6.61 Å². The van der Waals surface area contributed by atoms with Gasteiger partial charge >= 0.3 is 0 Å². The Kier molecular flexibility index (Phi) is 4.13. The van der Waals surface area contributed by atoms with Crippen LogP contribution in [0.15, 0.2) is 48.8 Å². The molecule has 0 bridgehead atoms.